The molecule has 1 N–H and O–H groups in total. The summed E-state index contributed by atoms with van der Waals surface area (Å²) in [6.45, 7) is 3.22. The Morgan fingerprint density at radius 2 is 2.03 bits per heavy atom. The zero-order valence-corrected chi connectivity index (χ0v) is 18.1. The van der Waals surface area contributed by atoms with E-state index in [1.54, 1.807) is 0 Å². The maximum atomic E-state index is 12.9. The second kappa shape index (κ2) is 7.98. The third kappa shape index (κ3) is 3.47. The van der Waals surface area contributed by atoms with Crippen LogP contribution in [0.25, 0.3) is 11.0 Å². The summed E-state index contributed by atoms with van der Waals surface area (Å²) in [5.41, 5.74) is 2.08. The maximum absolute atomic E-state index is 12.9. The molecule has 7 nitrogen and oxygen atoms in total. The van der Waals surface area contributed by atoms with Gasteiger partial charge in [0.2, 0.25) is 0 Å². The van der Waals surface area contributed by atoms with Gasteiger partial charge in [-0.25, -0.2) is 9.67 Å². The Balaban J connectivity index is 1.48. The van der Waals surface area contributed by atoms with Crippen LogP contribution in [0.15, 0.2) is 21.6 Å². The molecule has 3 aromatic heterocycles. The van der Waals surface area contributed by atoms with Gasteiger partial charge in [-0.2, -0.15) is 16.4 Å². The first-order valence-electron chi connectivity index (χ1n) is 10.9. The Hall–Kier alpha value is -2.48. The first kappa shape index (κ1) is 19.5. The predicted molar refractivity (Wildman–Crippen MR) is 117 cm³/mol. The Morgan fingerprint density at radius 3 is 2.80 bits per heavy atom. The van der Waals surface area contributed by atoms with Crippen LogP contribution in [-0.2, 0) is 0 Å². The highest BCUT2D eigenvalue weighted by Gasteiger charge is 2.29. The van der Waals surface area contributed by atoms with E-state index in [0.717, 1.165) is 43.5 Å². The summed E-state index contributed by atoms with van der Waals surface area (Å²) in [5.74, 6) is 0.785. The quantitative estimate of drug-likeness (QED) is 0.687. The number of rotatable bonds is 3. The Kier molecular flexibility index (Phi) is 5.18. The predicted octanol–water partition coefficient (Wildman–Crippen LogP) is 4.01. The summed E-state index contributed by atoms with van der Waals surface area (Å²) in [4.78, 5) is 35.6. The van der Waals surface area contributed by atoms with Gasteiger partial charge in [0.05, 0.1) is 17.3 Å². The number of thiophene rings is 1. The highest BCUT2D eigenvalue weighted by atomic mass is 32.1. The van der Waals surface area contributed by atoms with Crippen molar-refractivity contribution in [2.45, 2.75) is 63.8 Å². The molecule has 4 heterocycles. The number of nitrogens with one attached hydrogen (secondary N) is 1. The monoisotopic (exact) mass is 425 g/mol. The Morgan fingerprint density at radius 1 is 1.20 bits per heavy atom. The van der Waals surface area contributed by atoms with E-state index in [1.165, 1.54) is 30.6 Å². The number of H-pyrrole nitrogens is 1. The van der Waals surface area contributed by atoms with Crippen LogP contribution in [0.1, 0.15) is 78.8 Å². The number of nitrogens with zero attached hydrogens (tertiary/aromatic N) is 4. The molecule has 1 aliphatic heterocycles. The zero-order chi connectivity index (χ0) is 20.7. The number of amides is 1. The van der Waals surface area contributed by atoms with E-state index in [2.05, 4.69) is 4.98 Å². The number of hydrogen-bond acceptors (Lipinski definition) is 5. The molecule has 0 radical (unpaired) electrons. The lowest BCUT2D eigenvalue weighted by Gasteiger charge is -2.32. The van der Waals surface area contributed by atoms with Gasteiger partial charge >= 0.3 is 0 Å². The van der Waals surface area contributed by atoms with Gasteiger partial charge in [0.15, 0.2) is 5.65 Å². The minimum atomic E-state index is -0.115. The molecule has 0 aromatic carbocycles. The summed E-state index contributed by atoms with van der Waals surface area (Å²) >= 11 is 1.53. The number of piperidine rings is 1. The molecule has 2 aliphatic rings. The third-order valence-corrected chi connectivity index (χ3v) is 7.22. The minimum absolute atomic E-state index is 0.0356. The lowest BCUT2D eigenvalue weighted by molar-refractivity contribution is 0.0705. The molecule has 158 valence electrons. The molecule has 1 aliphatic carbocycles. The van der Waals surface area contributed by atoms with Gasteiger partial charge in [-0.15, -0.1) is 0 Å². The number of likely N-dealkylation sites (tertiary alicyclic amines) is 1. The number of aromatic nitrogens is 4. The topological polar surface area (TPSA) is 83.9 Å². The van der Waals surface area contributed by atoms with Crippen LogP contribution in [0.3, 0.4) is 0 Å². The van der Waals surface area contributed by atoms with Gasteiger partial charge in [0.1, 0.15) is 11.2 Å². The van der Waals surface area contributed by atoms with Crippen molar-refractivity contribution in [2.75, 3.05) is 13.1 Å². The molecule has 0 spiro atoms. The van der Waals surface area contributed by atoms with E-state index < -0.39 is 0 Å². The standard InChI is InChI=1S/C22H27N5O2S/c1-14-18-20(27(25-14)17-7-3-2-4-8-17)23-19(24-21(18)28)15-6-5-10-26(12-15)22(29)16-9-11-30-13-16/h9,11,13,15,17H,2-8,10,12H2,1H3,(H,23,24,28). The largest absolute Gasteiger partial charge is 0.338 e. The molecule has 2 fully saturated rings. The molecule has 0 bridgehead atoms. The highest BCUT2D eigenvalue weighted by molar-refractivity contribution is 7.08. The zero-order valence-electron chi connectivity index (χ0n) is 17.3. The summed E-state index contributed by atoms with van der Waals surface area (Å²) in [6, 6.07) is 2.19. The van der Waals surface area contributed by atoms with Gasteiger partial charge in [-0.3, -0.25) is 9.59 Å². The highest BCUT2D eigenvalue weighted by Crippen LogP contribution is 2.31. The lowest BCUT2D eigenvalue weighted by atomic mass is 9.95. The summed E-state index contributed by atoms with van der Waals surface area (Å²) in [6.07, 6.45) is 7.66. The number of fused-ring (bicyclic) bond motifs is 1. The van der Waals surface area contributed by atoms with Crippen LogP contribution in [0.2, 0.25) is 0 Å². The van der Waals surface area contributed by atoms with Crippen molar-refractivity contribution in [3.8, 4) is 0 Å². The van der Waals surface area contributed by atoms with Gasteiger partial charge in [0, 0.05) is 24.4 Å². The Bertz CT molecular complexity index is 1110. The molecule has 1 unspecified atom stereocenters. The second-order valence-electron chi connectivity index (χ2n) is 8.57. The smallest absolute Gasteiger partial charge is 0.262 e. The van der Waals surface area contributed by atoms with Crippen molar-refractivity contribution in [2.24, 2.45) is 0 Å². The lowest BCUT2D eigenvalue weighted by Crippen LogP contribution is -2.39. The third-order valence-electron chi connectivity index (χ3n) is 6.54. The fourth-order valence-electron chi connectivity index (χ4n) is 4.96. The van der Waals surface area contributed by atoms with Crippen molar-refractivity contribution in [3.63, 3.8) is 0 Å². The maximum Gasteiger partial charge on any atom is 0.262 e. The number of aryl methyl sites for hydroxylation is 1. The molecule has 8 heteroatoms. The molecular weight excluding hydrogens is 398 g/mol. The Labute approximate surface area is 179 Å². The van der Waals surface area contributed by atoms with Gasteiger partial charge in [-0.05, 0) is 44.1 Å². The van der Waals surface area contributed by atoms with Gasteiger partial charge < -0.3 is 9.88 Å². The summed E-state index contributed by atoms with van der Waals surface area (Å²) in [7, 11) is 0. The molecule has 1 amide bonds. The van der Waals surface area contributed by atoms with Crippen LogP contribution in [-0.4, -0.2) is 43.6 Å². The summed E-state index contributed by atoms with van der Waals surface area (Å²) in [5, 5.41) is 9.13. The minimum Gasteiger partial charge on any atom is -0.338 e. The number of hydrogen-bond donors (Lipinski definition) is 1. The molecule has 1 saturated carbocycles. The summed E-state index contributed by atoms with van der Waals surface area (Å²) < 4.78 is 2.00. The number of carbonyl (C=O) groups excluding carboxylic acids is 1. The van der Waals surface area contributed by atoms with Crippen molar-refractivity contribution < 1.29 is 4.79 Å². The van der Waals surface area contributed by atoms with E-state index in [4.69, 9.17) is 10.1 Å². The molecular formula is C22H27N5O2S. The van der Waals surface area contributed by atoms with Crippen molar-refractivity contribution in [3.05, 3.63) is 44.3 Å². The van der Waals surface area contributed by atoms with E-state index in [9.17, 15) is 9.59 Å². The van der Waals surface area contributed by atoms with Crippen molar-refractivity contribution >= 4 is 28.3 Å². The first-order valence-corrected chi connectivity index (χ1v) is 11.9. The van der Waals surface area contributed by atoms with Crippen LogP contribution < -0.4 is 5.56 Å². The van der Waals surface area contributed by atoms with Crippen LogP contribution in [0.5, 0.6) is 0 Å². The first-order chi connectivity index (χ1) is 14.6. The molecule has 30 heavy (non-hydrogen) atoms. The second-order valence-corrected chi connectivity index (χ2v) is 9.35. The molecule has 3 aromatic rings. The average molecular weight is 426 g/mol. The van der Waals surface area contributed by atoms with E-state index >= 15 is 0 Å². The van der Waals surface area contributed by atoms with Gasteiger partial charge in [0.25, 0.3) is 11.5 Å². The number of carbonyl (C=O) groups is 1. The fraction of sp³-hybridized carbons (Fsp3) is 0.545. The average Bonchev–Trinajstić information content (AvgIpc) is 3.42. The fourth-order valence-corrected chi connectivity index (χ4v) is 5.59. The van der Waals surface area contributed by atoms with Crippen molar-refractivity contribution in [1.29, 1.82) is 0 Å². The van der Waals surface area contributed by atoms with Crippen LogP contribution in [0.4, 0.5) is 0 Å². The molecule has 1 saturated heterocycles. The number of aromatic amines is 1. The van der Waals surface area contributed by atoms with E-state index in [-0.39, 0.29) is 17.4 Å². The van der Waals surface area contributed by atoms with Gasteiger partial charge in [-0.1, -0.05) is 19.3 Å². The normalized spacial score (nSPS) is 20.7. The van der Waals surface area contributed by atoms with Crippen molar-refractivity contribution in [1.82, 2.24) is 24.6 Å². The molecule has 1 atom stereocenters. The SMILES string of the molecule is Cc1nn(C2CCCCC2)c2nc(C3CCCN(C(=O)c4ccsc4)C3)[nH]c(=O)c12. The van der Waals surface area contributed by atoms with E-state index in [0.29, 0.717) is 29.4 Å². The van der Waals surface area contributed by atoms with E-state index in [1.807, 2.05) is 33.3 Å². The van der Waals surface area contributed by atoms with Crippen LogP contribution >= 0.6 is 11.3 Å². The van der Waals surface area contributed by atoms with Crippen LogP contribution in [0, 0.1) is 6.92 Å². The molecule has 5 rings (SSSR count).